The van der Waals surface area contributed by atoms with E-state index in [0.717, 1.165) is 18.9 Å². The Morgan fingerprint density at radius 2 is 1.85 bits per heavy atom. The molecule has 0 unspecified atom stereocenters. The van der Waals surface area contributed by atoms with Crippen LogP contribution in [0.25, 0.3) is 0 Å². The number of morpholine rings is 1. The third-order valence-electron chi connectivity index (χ3n) is 3.04. The minimum absolute atomic E-state index is 0.220. The number of nitrogens with one attached hydrogen (secondary N) is 1. The van der Waals surface area contributed by atoms with Crippen LogP contribution in [0.3, 0.4) is 0 Å². The number of hydrogen-bond donors (Lipinski definition) is 2. The predicted octanol–water partition coefficient (Wildman–Crippen LogP) is 1.88. The van der Waals surface area contributed by atoms with Crippen molar-refractivity contribution in [2.24, 2.45) is 5.84 Å². The first kappa shape index (κ1) is 15.3. The van der Waals surface area contributed by atoms with E-state index in [9.17, 15) is 0 Å². The molecule has 1 aromatic heterocycles. The van der Waals surface area contributed by atoms with Gasteiger partial charge in [-0.25, -0.2) is 15.8 Å². The average molecular weight is 297 g/mol. The summed E-state index contributed by atoms with van der Waals surface area (Å²) in [6.07, 6.45) is 1.95. The molecule has 0 radical (unpaired) electrons. The number of hydrogen-bond acceptors (Lipinski definition) is 7. The number of ether oxygens (including phenoxy) is 1. The highest BCUT2D eigenvalue weighted by molar-refractivity contribution is 7.98. The molecular weight excluding hydrogens is 274 g/mol. The van der Waals surface area contributed by atoms with Crippen LogP contribution in [0.2, 0.25) is 0 Å². The molecule has 0 aliphatic carbocycles. The maximum Gasteiger partial charge on any atom is 0.191 e. The zero-order chi connectivity index (χ0) is 15.0. The molecule has 1 aliphatic heterocycles. The maximum atomic E-state index is 6.10. The second kappa shape index (κ2) is 5.38. The van der Waals surface area contributed by atoms with E-state index in [0.29, 0.717) is 11.0 Å². The van der Waals surface area contributed by atoms with Gasteiger partial charge in [0.05, 0.1) is 11.2 Å². The van der Waals surface area contributed by atoms with Gasteiger partial charge in [0.2, 0.25) is 0 Å². The smallest absolute Gasteiger partial charge is 0.191 e. The summed E-state index contributed by atoms with van der Waals surface area (Å²) in [6.45, 7) is 9.95. The molecule has 3 N–H and O–H groups in total. The van der Waals surface area contributed by atoms with Crippen molar-refractivity contribution in [2.75, 3.05) is 29.7 Å². The minimum atomic E-state index is -0.220. The standard InChI is InChI=1S/C13H23N5OS/c1-12(2)7-18(8-13(3,4)19-12)10-6-9(17-14)15-11(16-10)20-5/h6H,7-8,14H2,1-5H3,(H,15,16,17). The second-order valence-corrected chi connectivity index (χ2v) is 6.99. The molecule has 1 fully saturated rings. The molecule has 112 valence electrons. The molecule has 1 saturated heterocycles. The molecule has 2 heterocycles. The van der Waals surface area contributed by atoms with Gasteiger partial charge in [-0.1, -0.05) is 11.8 Å². The van der Waals surface area contributed by atoms with Crippen LogP contribution in [0, 0.1) is 0 Å². The zero-order valence-electron chi connectivity index (χ0n) is 12.7. The molecule has 0 atom stereocenters. The van der Waals surface area contributed by atoms with Gasteiger partial charge in [0.1, 0.15) is 11.6 Å². The van der Waals surface area contributed by atoms with E-state index in [1.54, 1.807) is 0 Å². The van der Waals surface area contributed by atoms with E-state index < -0.39 is 0 Å². The SMILES string of the molecule is CSc1nc(NN)cc(N2CC(C)(C)OC(C)(C)C2)n1. The van der Waals surface area contributed by atoms with Crippen LogP contribution >= 0.6 is 11.8 Å². The molecule has 20 heavy (non-hydrogen) atoms. The van der Waals surface area contributed by atoms with Crippen molar-refractivity contribution < 1.29 is 4.74 Å². The van der Waals surface area contributed by atoms with Crippen LogP contribution in [0.5, 0.6) is 0 Å². The van der Waals surface area contributed by atoms with E-state index >= 15 is 0 Å². The third-order valence-corrected chi connectivity index (χ3v) is 3.59. The predicted molar refractivity (Wildman–Crippen MR) is 83.1 cm³/mol. The molecule has 0 spiro atoms. The molecule has 0 bridgehead atoms. The van der Waals surface area contributed by atoms with E-state index in [4.69, 9.17) is 10.6 Å². The topological polar surface area (TPSA) is 76.3 Å². The first-order valence-electron chi connectivity index (χ1n) is 6.59. The van der Waals surface area contributed by atoms with Gasteiger partial charge in [-0.15, -0.1) is 0 Å². The van der Waals surface area contributed by atoms with Crippen molar-refractivity contribution in [1.82, 2.24) is 9.97 Å². The number of thioether (sulfide) groups is 1. The number of hydrazine groups is 1. The first-order chi connectivity index (χ1) is 9.24. The van der Waals surface area contributed by atoms with Gasteiger partial charge in [0, 0.05) is 19.2 Å². The number of aromatic nitrogens is 2. The summed E-state index contributed by atoms with van der Waals surface area (Å²) >= 11 is 1.50. The number of rotatable bonds is 3. The summed E-state index contributed by atoms with van der Waals surface area (Å²) in [5.74, 6) is 6.99. The lowest BCUT2D eigenvalue weighted by Gasteiger charge is -2.47. The Hall–Kier alpha value is -1.05. The van der Waals surface area contributed by atoms with Crippen molar-refractivity contribution in [2.45, 2.75) is 44.1 Å². The molecule has 0 amide bonds. The lowest BCUT2D eigenvalue weighted by Crippen LogP contribution is -2.57. The number of nitrogens with zero attached hydrogens (tertiary/aromatic N) is 3. The van der Waals surface area contributed by atoms with Gasteiger partial charge in [-0.2, -0.15) is 0 Å². The van der Waals surface area contributed by atoms with E-state index in [-0.39, 0.29) is 11.2 Å². The summed E-state index contributed by atoms with van der Waals surface area (Å²) in [7, 11) is 0. The number of anilines is 2. The van der Waals surface area contributed by atoms with Gasteiger partial charge in [0.25, 0.3) is 0 Å². The molecular formula is C13H23N5OS. The normalized spacial score (nSPS) is 20.8. The van der Waals surface area contributed by atoms with Crippen LogP contribution in [0.15, 0.2) is 11.2 Å². The van der Waals surface area contributed by atoms with Crippen LogP contribution in [0.1, 0.15) is 27.7 Å². The number of nitrogen functional groups attached to an aromatic ring is 1. The van der Waals surface area contributed by atoms with Crippen LogP contribution < -0.4 is 16.2 Å². The van der Waals surface area contributed by atoms with Crippen molar-refractivity contribution >= 4 is 23.4 Å². The molecule has 0 saturated carbocycles. The summed E-state index contributed by atoms with van der Waals surface area (Å²) < 4.78 is 6.10. The summed E-state index contributed by atoms with van der Waals surface area (Å²) in [6, 6.07) is 1.87. The molecule has 1 aromatic rings. The third kappa shape index (κ3) is 3.53. The highest BCUT2D eigenvalue weighted by atomic mass is 32.2. The van der Waals surface area contributed by atoms with Gasteiger partial charge in [-0.05, 0) is 34.0 Å². The lowest BCUT2D eigenvalue weighted by atomic mass is 9.99. The zero-order valence-corrected chi connectivity index (χ0v) is 13.5. The fourth-order valence-corrected chi connectivity index (χ4v) is 3.06. The quantitative estimate of drug-likeness (QED) is 0.382. The Labute approximate surface area is 124 Å². The number of nitrogens with two attached hydrogens (primary N) is 1. The largest absolute Gasteiger partial charge is 0.366 e. The van der Waals surface area contributed by atoms with Gasteiger partial charge >= 0.3 is 0 Å². The second-order valence-electron chi connectivity index (χ2n) is 6.22. The van der Waals surface area contributed by atoms with E-state index in [1.807, 2.05) is 12.3 Å². The highest BCUT2D eigenvalue weighted by Crippen LogP contribution is 2.31. The molecule has 2 rings (SSSR count). The van der Waals surface area contributed by atoms with Gasteiger partial charge in [0.15, 0.2) is 5.16 Å². The van der Waals surface area contributed by atoms with Crippen LogP contribution in [0.4, 0.5) is 11.6 Å². The lowest BCUT2D eigenvalue weighted by molar-refractivity contribution is -0.133. The van der Waals surface area contributed by atoms with Crippen LogP contribution in [-0.4, -0.2) is 40.5 Å². The molecule has 7 heteroatoms. The summed E-state index contributed by atoms with van der Waals surface area (Å²) in [5.41, 5.74) is 2.16. The van der Waals surface area contributed by atoms with Crippen molar-refractivity contribution in [3.05, 3.63) is 6.07 Å². The Balaban J connectivity index is 2.34. The van der Waals surface area contributed by atoms with E-state index in [1.165, 1.54) is 11.8 Å². The molecule has 6 nitrogen and oxygen atoms in total. The highest BCUT2D eigenvalue weighted by Gasteiger charge is 2.38. The monoisotopic (exact) mass is 297 g/mol. The Morgan fingerprint density at radius 3 is 2.35 bits per heavy atom. The average Bonchev–Trinajstić information content (AvgIpc) is 2.34. The maximum absolute atomic E-state index is 6.10. The minimum Gasteiger partial charge on any atom is -0.366 e. The Kier molecular flexibility index (Phi) is 4.13. The summed E-state index contributed by atoms with van der Waals surface area (Å²) in [4.78, 5) is 11.1. The van der Waals surface area contributed by atoms with E-state index in [2.05, 4.69) is 48.0 Å². The van der Waals surface area contributed by atoms with Gasteiger partial charge in [-0.3, -0.25) is 0 Å². The summed E-state index contributed by atoms with van der Waals surface area (Å²) in [5, 5.41) is 0.706. The first-order valence-corrected chi connectivity index (χ1v) is 7.82. The van der Waals surface area contributed by atoms with Gasteiger partial charge < -0.3 is 15.1 Å². The Morgan fingerprint density at radius 1 is 1.25 bits per heavy atom. The fourth-order valence-electron chi connectivity index (χ4n) is 2.69. The Bertz CT molecular complexity index is 453. The fraction of sp³-hybridized carbons (Fsp3) is 0.692. The van der Waals surface area contributed by atoms with Crippen molar-refractivity contribution in [3.63, 3.8) is 0 Å². The van der Waals surface area contributed by atoms with Crippen molar-refractivity contribution in [1.29, 1.82) is 0 Å². The van der Waals surface area contributed by atoms with Crippen molar-refractivity contribution in [3.8, 4) is 0 Å². The molecule has 0 aromatic carbocycles. The molecule has 1 aliphatic rings. The van der Waals surface area contributed by atoms with Crippen LogP contribution in [-0.2, 0) is 4.74 Å².